The van der Waals surface area contributed by atoms with Gasteiger partial charge in [0.1, 0.15) is 5.76 Å². The first kappa shape index (κ1) is 7.60. The van der Waals surface area contributed by atoms with Gasteiger partial charge in [-0.1, -0.05) is 0 Å². The van der Waals surface area contributed by atoms with Crippen molar-refractivity contribution in [2.75, 3.05) is 0 Å². The second kappa shape index (κ2) is 3.05. The second-order valence-corrected chi connectivity index (χ2v) is 2.14. The minimum Gasteiger partial charge on any atom is -0.478 e. The Morgan fingerprint density at radius 3 is 2.91 bits per heavy atom. The second-order valence-electron chi connectivity index (χ2n) is 2.14. The van der Waals surface area contributed by atoms with Gasteiger partial charge in [-0.15, -0.1) is 0 Å². The van der Waals surface area contributed by atoms with E-state index < -0.39 is 5.97 Å². The first-order valence-corrected chi connectivity index (χ1v) is 3.15. The molecule has 0 fully saturated rings. The molecule has 0 aromatic carbocycles. The topological polar surface area (TPSA) is 50.4 Å². The first-order valence-electron chi connectivity index (χ1n) is 3.15. The van der Waals surface area contributed by atoms with E-state index in [1.54, 1.807) is 19.1 Å². The van der Waals surface area contributed by atoms with E-state index in [0.29, 0.717) is 11.3 Å². The number of carbonyl (C=O) groups is 1. The summed E-state index contributed by atoms with van der Waals surface area (Å²) >= 11 is 0. The van der Waals surface area contributed by atoms with Crippen LogP contribution in [-0.4, -0.2) is 11.1 Å². The Hall–Kier alpha value is -1.51. The molecule has 1 rings (SSSR count). The fourth-order valence-electron chi connectivity index (χ4n) is 0.759. The maximum atomic E-state index is 10.2. The van der Waals surface area contributed by atoms with E-state index >= 15 is 0 Å². The molecule has 58 valence electrons. The van der Waals surface area contributed by atoms with Crippen LogP contribution in [0.3, 0.4) is 0 Å². The predicted octanol–water partition coefficient (Wildman–Crippen LogP) is 1.77. The molecule has 1 aromatic rings. The lowest BCUT2D eigenvalue weighted by atomic mass is 10.2. The highest BCUT2D eigenvalue weighted by Crippen LogP contribution is 2.12. The van der Waals surface area contributed by atoms with Crippen molar-refractivity contribution in [2.45, 2.75) is 6.92 Å². The molecule has 0 aliphatic heterocycles. The largest absolute Gasteiger partial charge is 0.478 e. The quantitative estimate of drug-likeness (QED) is 0.657. The van der Waals surface area contributed by atoms with Crippen LogP contribution in [0.1, 0.15) is 12.7 Å². The summed E-state index contributed by atoms with van der Waals surface area (Å²) in [6.45, 7) is 1.69. The zero-order valence-corrected chi connectivity index (χ0v) is 6.07. The molecule has 0 unspecified atom stereocenters. The molecule has 1 N–H and O–H groups in total. The van der Waals surface area contributed by atoms with E-state index in [1.807, 2.05) is 0 Å². The molecule has 0 atom stereocenters. The van der Waals surface area contributed by atoms with Gasteiger partial charge in [0.05, 0.1) is 6.26 Å². The highest BCUT2D eigenvalue weighted by molar-refractivity contribution is 5.88. The van der Waals surface area contributed by atoms with Crippen molar-refractivity contribution in [2.24, 2.45) is 0 Å². The van der Waals surface area contributed by atoms with Crippen LogP contribution in [0.2, 0.25) is 0 Å². The zero-order chi connectivity index (χ0) is 8.27. The van der Waals surface area contributed by atoms with Crippen molar-refractivity contribution in [3.05, 3.63) is 30.2 Å². The summed E-state index contributed by atoms with van der Waals surface area (Å²) in [5.74, 6) is -0.369. The van der Waals surface area contributed by atoms with Gasteiger partial charge in [0.2, 0.25) is 0 Å². The fraction of sp³-hybridized carbons (Fsp3) is 0.125. The van der Waals surface area contributed by atoms with Crippen molar-refractivity contribution in [3.8, 4) is 0 Å². The Kier molecular flexibility index (Phi) is 2.11. The molecule has 0 aliphatic carbocycles. The monoisotopic (exact) mass is 152 g/mol. The van der Waals surface area contributed by atoms with E-state index in [4.69, 9.17) is 9.52 Å². The van der Waals surface area contributed by atoms with Crippen LogP contribution in [0.25, 0.3) is 5.57 Å². The predicted molar refractivity (Wildman–Crippen MR) is 40.0 cm³/mol. The summed E-state index contributed by atoms with van der Waals surface area (Å²) in [5.41, 5.74) is 0.613. The van der Waals surface area contributed by atoms with Crippen molar-refractivity contribution < 1.29 is 14.3 Å². The molecule has 1 aromatic heterocycles. The highest BCUT2D eigenvalue weighted by atomic mass is 16.4. The van der Waals surface area contributed by atoms with Crippen molar-refractivity contribution in [3.63, 3.8) is 0 Å². The molecule has 0 aliphatic rings. The van der Waals surface area contributed by atoms with Gasteiger partial charge in [0.25, 0.3) is 0 Å². The Morgan fingerprint density at radius 1 is 1.73 bits per heavy atom. The summed E-state index contributed by atoms with van der Waals surface area (Å²) in [6, 6.07) is 3.43. The molecule has 0 saturated heterocycles. The number of carboxylic acids is 1. The van der Waals surface area contributed by atoms with Gasteiger partial charge in [-0.25, -0.2) is 4.79 Å². The number of furan rings is 1. The lowest BCUT2D eigenvalue weighted by Gasteiger charge is -1.91. The number of hydrogen-bond acceptors (Lipinski definition) is 2. The molecule has 0 amide bonds. The van der Waals surface area contributed by atoms with Crippen molar-refractivity contribution in [1.29, 1.82) is 0 Å². The van der Waals surface area contributed by atoms with Crippen LogP contribution in [0, 0.1) is 0 Å². The third-order valence-electron chi connectivity index (χ3n) is 1.25. The highest BCUT2D eigenvalue weighted by Gasteiger charge is 1.99. The Labute approximate surface area is 64.0 Å². The van der Waals surface area contributed by atoms with Gasteiger partial charge in [-0.3, -0.25) is 0 Å². The number of hydrogen-bond donors (Lipinski definition) is 1. The lowest BCUT2D eigenvalue weighted by molar-refractivity contribution is -0.131. The molecule has 11 heavy (non-hydrogen) atoms. The van der Waals surface area contributed by atoms with E-state index in [9.17, 15) is 4.79 Å². The number of aliphatic carboxylic acids is 1. The smallest absolute Gasteiger partial charge is 0.328 e. The first-order chi connectivity index (χ1) is 5.20. The van der Waals surface area contributed by atoms with E-state index in [0.717, 1.165) is 6.08 Å². The van der Waals surface area contributed by atoms with Gasteiger partial charge in [0.15, 0.2) is 0 Å². The molecular weight excluding hydrogens is 144 g/mol. The van der Waals surface area contributed by atoms with Crippen molar-refractivity contribution in [1.82, 2.24) is 0 Å². The summed E-state index contributed by atoms with van der Waals surface area (Å²) in [6.07, 6.45) is 2.62. The molecule has 0 bridgehead atoms. The Bertz CT molecular complexity index is 270. The normalized spacial score (nSPS) is 11.5. The average molecular weight is 152 g/mol. The van der Waals surface area contributed by atoms with Gasteiger partial charge in [0, 0.05) is 6.08 Å². The molecule has 0 saturated carbocycles. The average Bonchev–Trinajstić information content (AvgIpc) is 2.35. The van der Waals surface area contributed by atoms with Crippen LogP contribution in [-0.2, 0) is 4.79 Å². The van der Waals surface area contributed by atoms with Crippen LogP contribution < -0.4 is 0 Å². The molecule has 0 radical (unpaired) electrons. The molecule has 3 heteroatoms. The van der Waals surface area contributed by atoms with Gasteiger partial charge >= 0.3 is 5.97 Å². The van der Waals surface area contributed by atoms with E-state index in [2.05, 4.69) is 0 Å². The fourth-order valence-corrected chi connectivity index (χ4v) is 0.759. The van der Waals surface area contributed by atoms with Crippen LogP contribution in [0.15, 0.2) is 28.9 Å². The standard InChI is InChI=1S/C8H8O3/c1-6(5-8(9)10)7-3-2-4-11-7/h2-5H,1H3,(H,9,10)/b6-5-. The Balaban J connectivity index is 2.86. The summed E-state index contributed by atoms with van der Waals surface area (Å²) in [7, 11) is 0. The lowest BCUT2D eigenvalue weighted by Crippen LogP contribution is -1.88. The maximum Gasteiger partial charge on any atom is 0.328 e. The number of rotatable bonds is 2. The SMILES string of the molecule is C/C(=C/C(=O)O)c1ccco1. The van der Waals surface area contributed by atoms with Crippen molar-refractivity contribution >= 4 is 11.5 Å². The molecule has 1 heterocycles. The van der Waals surface area contributed by atoms with E-state index in [-0.39, 0.29) is 0 Å². The Morgan fingerprint density at radius 2 is 2.45 bits per heavy atom. The van der Waals surface area contributed by atoms with Gasteiger partial charge in [-0.2, -0.15) is 0 Å². The third kappa shape index (κ3) is 1.97. The summed E-state index contributed by atoms with van der Waals surface area (Å²) < 4.78 is 4.96. The summed E-state index contributed by atoms with van der Waals surface area (Å²) in [4.78, 5) is 10.2. The molecule has 0 spiro atoms. The third-order valence-corrected chi connectivity index (χ3v) is 1.25. The maximum absolute atomic E-state index is 10.2. The van der Waals surface area contributed by atoms with Gasteiger partial charge < -0.3 is 9.52 Å². The minimum atomic E-state index is -0.959. The number of carboxylic acid groups (broad SMARTS) is 1. The number of allylic oxidation sites excluding steroid dienone is 1. The van der Waals surface area contributed by atoms with Crippen LogP contribution >= 0.6 is 0 Å². The summed E-state index contributed by atoms with van der Waals surface area (Å²) in [5, 5.41) is 8.36. The molecular formula is C8H8O3. The van der Waals surface area contributed by atoms with E-state index in [1.165, 1.54) is 6.26 Å². The zero-order valence-electron chi connectivity index (χ0n) is 6.07. The minimum absolute atomic E-state index is 0.590. The molecule has 3 nitrogen and oxygen atoms in total. The van der Waals surface area contributed by atoms with Crippen LogP contribution in [0.4, 0.5) is 0 Å². The van der Waals surface area contributed by atoms with Gasteiger partial charge in [-0.05, 0) is 24.6 Å². The van der Waals surface area contributed by atoms with Crippen LogP contribution in [0.5, 0.6) is 0 Å².